The number of nitrogens with two attached hydrogens (primary N) is 1. The van der Waals surface area contributed by atoms with Gasteiger partial charge in [0.2, 0.25) is 0 Å². The number of benzene rings is 2. The summed E-state index contributed by atoms with van der Waals surface area (Å²) in [6.45, 7) is 3.23. The standard InChI is InChI=1S/C16H17NO2/c1-11-5-7-12(8-6-11)15(17)13-3-2-4-14-16(13)19-10-9-18-14/h2-8,15H,9-10,17H2,1H3. The Morgan fingerprint density at radius 1 is 1.00 bits per heavy atom. The lowest BCUT2D eigenvalue weighted by molar-refractivity contribution is 0.169. The summed E-state index contributed by atoms with van der Waals surface area (Å²) in [6.07, 6.45) is 0. The maximum atomic E-state index is 6.35. The summed E-state index contributed by atoms with van der Waals surface area (Å²) in [4.78, 5) is 0. The van der Waals surface area contributed by atoms with Gasteiger partial charge in [-0.05, 0) is 18.6 Å². The molecule has 1 atom stereocenters. The zero-order valence-electron chi connectivity index (χ0n) is 10.9. The smallest absolute Gasteiger partial charge is 0.166 e. The molecule has 0 radical (unpaired) electrons. The van der Waals surface area contributed by atoms with Crippen LogP contribution < -0.4 is 15.2 Å². The van der Waals surface area contributed by atoms with Crippen LogP contribution >= 0.6 is 0 Å². The molecule has 1 heterocycles. The lowest BCUT2D eigenvalue weighted by Gasteiger charge is -2.23. The van der Waals surface area contributed by atoms with Gasteiger partial charge in [-0.1, -0.05) is 42.0 Å². The lowest BCUT2D eigenvalue weighted by atomic mass is 9.97. The molecule has 98 valence electrons. The molecular weight excluding hydrogens is 238 g/mol. The Hall–Kier alpha value is -2.00. The third kappa shape index (κ3) is 2.29. The first-order valence-electron chi connectivity index (χ1n) is 6.46. The second kappa shape index (κ2) is 4.94. The molecule has 2 aromatic carbocycles. The van der Waals surface area contributed by atoms with Crippen LogP contribution in [0, 0.1) is 6.92 Å². The van der Waals surface area contributed by atoms with E-state index in [1.54, 1.807) is 0 Å². The van der Waals surface area contributed by atoms with Gasteiger partial charge < -0.3 is 15.2 Å². The fourth-order valence-corrected chi connectivity index (χ4v) is 2.29. The highest BCUT2D eigenvalue weighted by atomic mass is 16.6. The van der Waals surface area contributed by atoms with Crippen molar-refractivity contribution in [3.8, 4) is 11.5 Å². The van der Waals surface area contributed by atoms with Crippen molar-refractivity contribution in [1.29, 1.82) is 0 Å². The van der Waals surface area contributed by atoms with Crippen LogP contribution in [-0.2, 0) is 0 Å². The fraction of sp³-hybridized carbons (Fsp3) is 0.250. The van der Waals surface area contributed by atoms with Crippen molar-refractivity contribution >= 4 is 0 Å². The predicted octanol–water partition coefficient (Wildman–Crippen LogP) is 2.81. The van der Waals surface area contributed by atoms with Gasteiger partial charge in [-0.3, -0.25) is 0 Å². The van der Waals surface area contributed by atoms with E-state index in [1.165, 1.54) is 5.56 Å². The normalized spacial score (nSPS) is 15.1. The topological polar surface area (TPSA) is 44.5 Å². The molecule has 0 amide bonds. The van der Waals surface area contributed by atoms with Crippen molar-refractivity contribution in [1.82, 2.24) is 0 Å². The number of aryl methyl sites for hydroxylation is 1. The van der Waals surface area contributed by atoms with Crippen molar-refractivity contribution in [3.05, 3.63) is 59.2 Å². The number of para-hydroxylation sites is 1. The van der Waals surface area contributed by atoms with E-state index in [9.17, 15) is 0 Å². The first-order valence-corrected chi connectivity index (χ1v) is 6.46. The fourth-order valence-electron chi connectivity index (χ4n) is 2.29. The van der Waals surface area contributed by atoms with Crippen LogP contribution in [0.1, 0.15) is 22.7 Å². The first kappa shape index (κ1) is 12.1. The van der Waals surface area contributed by atoms with Gasteiger partial charge in [-0.2, -0.15) is 0 Å². The third-order valence-corrected chi connectivity index (χ3v) is 3.37. The summed E-state index contributed by atoms with van der Waals surface area (Å²) < 4.78 is 11.3. The van der Waals surface area contributed by atoms with Gasteiger partial charge in [0.15, 0.2) is 11.5 Å². The monoisotopic (exact) mass is 255 g/mol. The highest BCUT2D eigenvalue weighted by Gasteiger charge is 2.20. The van der Waals surface area contributed by atoms with E-state index >= 15 is 0 Å². The Bertz CT molecular complexity index is 578. The minimum atomic E-state index is -0.197. The molecule has 1 unspecified atom stereocenters. The molecule has 2 aromatic rings. The van der Waals surface area contributed by atoms with Gasteiger partial charge in [0.1, 0.15) is 13.2 Å². The van der Waals surface area contributed by atoms with Gasteiger partial charge in [-0.25, -0.2) is 0 Å². The van der Waals surface area contributed by atoms with Crippen LogP contribution in [0.3, 0.4) is 0 Å². The molecule has 2 N–H and O–H groups in total. The van der Waals surface area contributed by atoms with E-state index in [0.29, 0.717) is 13.2 Å². The van der Waals surface area contributed by atoms with Gasteiger partial charge in [0.05, 0.1) is 6.04 Å². The van der Waals surface area contributed by atoms with Crippen LogP contribution in [0.5, 0.6) is 11.5 Å². The van der Waals surface area contributed by atoms with E-state index in [-0.39, 0.29) is 6.04 Å². The summed E-state index contributed by atoms with van der Waals surface area (Å²) in [5.74, 6) is 1.56. The quantitative estimate of drug-likeness (QED) is 0.897. The molecule has 3 rings (SSSR count). The Labute approximate surface area is 113 Å². The van der Waals surface area contributed by atoms with Crippen molar-refractivity contribution in [3.63, 3.8) is 0 Å². The second-order valence-electron chi connectivity index (χ2n) is 4.76. The zero-order chi connectivity index (χ0) is 13.2. The second-order valence-corrected chi connectivity index (χ2v) is 4.76. The van der Waals surface area contributed by atoms with Crippen molar-refractivity contribution < 1.29 is 9.47 Å². The van der Waals surface area contributed by atoms with E-state index in [1.807, 2.05) is 18.2 Å². The van der Waals surface area contributed by atoms with Crippen molar-refractivity contribution in [2.45, 2.75) is 13.0 Å². The summed E-state index contributed by atoms with van der Waals surface area (Å²) in [6, 6.07) is 13.9. The summed E-state index contributed by atoms with van der Waals surface area (Å²) in [5.41, 5.74) is 9.63. The molecule has 1 aliphatic heterocycles. The predicted molar refractivity (Wildman–Crippen MR) is 74.6 cm³/mol. The lowest BCUT2D eigenvalue weighted by Crippen LogP contribution is -2.20. The zero-order valence-corrected chi connectivity index (χ0v) is 10.9. The molecule has 0 aliphatic carbocycles. The molecule has 0 aromatic heterocycles. The number of hydrogen-bond donors (Lipinski definition) is 1. The van der Waals surface area contributed by atoms with Crippen LogP contribution in [0.15, 0.2) is 42.5 Å². The molecule has 0 spiro atoms. The van der Waals surface area contributed by atoms with Gasteiger partial charge in [-0.15, -0.1) is 0 Å². The van der Waals surface area contributed by atoms with Gasteiger partial charge in [0, 0.05) is 5.56 Å². The molecule has 1 aliphatic rings. The minimum absolute atomic E-state index is 0.197. The average molecular weight is 255 g/mol. The molecule has 0 saturated carbocycles. The largest absolute Gasteiger partial charge is 0.486 e. The minimum Gasteiger partial charge on any atom is -0.486 e. The average Bonchev–Trinajstić information content (AvgIpc) is 2.47. The number of ether oxygens (including phenoxy) is 2. The SMILES string of the molecule is Cc1ccc(C(N)c2cccc3c2OCCO3)cc1. The van der Waals surface area contributed by atoms with Crippen LogP contribution in [0.4, 0.5) is 0 Å². The van der Waals surface area contributed by atoms with E-state index < -0.39 is 0 Å². The summed E-state index contributed by atoms with van der Waals surface area (Å²) in [7, 11) is 0. The number of rotatable bonds is 2. The maximum Gasteiger partial charge on any atom is 0.166 e. The molecule has 0 saturated heterocycles. The summed E-state index contributed by atoms with van der Waals surface area (Å²) >= 11 is 0. The summed E-state index contributed by atoms with van der Waals surface area (Å²) in [5, 5.41) is 0. The van der Waals surface area contributed by atoms with E-state index in [2.05, 4.69) is 31.2 Å². The van der Waals surface area contributed by atoms with Crippen LogP contribution in [-0.4, -0.2) is 13.2 Å². The molecule has 0 bridgehead atoms. The molecule has 0 fully saturated rings. The van der Waals surface area contributed by atoms with E-state index in [0.717, 1.165) is 22.6 Å². The highest BCUT2D eigenvalue weighted by Crippen LogP contribution is 2.38. The highest BCUT2D eigenvalue weighted by molar-refractivity contribution is 5.51. The van der Waals surface area contributed by atoms with Gasteiger partial charge in [0.25, 0.3) is 0 Å². The maximum absolute atomic E-state index is 6.35. The van der Waals surface area contributed by atoms with Crippen molar-refractivity contribution in [2.24, 2.45) is 5.73 Å². The van der Waals surface area contributed by atoms with E-state index in [4.69, 9.17) is 15.2 Å². The Balaban J connectivity index is 1.99. The van der Waals surface area contributed by atoms with Gasteiger partial charge >= 0.3 is 0 Å². The number of fused-ring (bicyclic) bond motifs is 1. The van der Waals surface area contributed by atoms with Crippen molar-refractivity contribution in [2.75, 3.05) is 13.2 Å². The molecule has 3 heteroatoms. The Morgan fingerprint density at radius 3 is 2.53 bits per heavy atom. The van der Waals surface area contributed by atoms with Crippen LogP contribution in [0.2, 0.25) is 0 Å². The Kier molecular flexibility index (Phi) is 3.13. The third-order valence-electron chi connectivity index (χ3n) is 3.37. The molecule has 19 heavy (non-hydrogen) atoms. The number of hydrogen-bond acceptors (Lipinski definition) is 3. The van der Waals surface area contributed by atoms with Crippen LogP contribution in [0.25, 0.3) is 0 Å². The molecular formula is C16H17NO2. The first-order chi connectivity index (χ1) is 9.25. The Morgan fingerprint density at radius 2 is 1.74 bits per heavy atom. The molecule has 3 nitrogen and oxygen atoms in total.